The third-order valence-electron chi connectivity index (χ3n) is 2.45. The molecule has 0 heterocycles. The smallest absolute Gasteiger partial charge is 0.420 e. The van der Waals surface area contributed by atoms with E-state index in [0.29, 0.717) is 0 Å². The summed E-state index contributed by atoms with van der Waals surface area (Å²) in [7, 11) is 1.17. The minimum Gasteiger partial charge on any atom is -0.496 e. The Bertz CT molecular complexity index is 560. The zero-order valence-electron chi connectivity index (χ0n) is 8.81. The van der Waals surface area contributed by atoms with Crippen molar-refractivity contribution in [3.05, 3.63) is 41.7 Å². The summed E-state index contributed by atoms with van der Waals surface area (Å²) in [5.41, 5.74) is -0.877. The van der Waals surface area contributed by atoms with E-state index in [2.05, 4.69) is 0 Å². The predicted molar refractivity (Wildman–Crippen MR) is 55.5 cm³/mol. The summed E-state index contributed by atoms with van der Waals surface area (Å²) in [4.78, 5) is 0. The molecule has 0 radical (unpaired) electrons. The first kappa shape index (κ1) is 11.7. The van der Waals surface area contributed by atoms with Crippen molar-refractivity contribution in [3.8, 4) is 5.75 Å². The molecule has 0 bridgehead atoms. The van der Waals surface area contributed by atoms with Gasteiger partial charge in [0.15, 0.2) is 0 Å². The van der Waals surface area contributed by atoms with Crippen LogP contribution in [0.1, 0.15) is 5.56 Å². The Morgan fingerprint density at radius 1 is 1.06 bits per heavy atom. The van der Waals surface area contributed by atoms with E-state index in [1.165, 1.54) is 19.2 Å². The summed E-state index contributed by atoms with van der Waals surface area (Å²) < 4.78 is 56.3. The molecule has 0 spiro atoms. The van der Waals surface area contributed by atoms with Gasteiger partial charge in [0.05, 0.1) is 7.11 Å². The topological polar surface area (TPSA) is 9.23 Å². The Labute approximate surface area is 94.6 Å². The number of fused-ring (bicyclic) bond motifs is 1. The Morgan fingerprint density at radius 2 is 1.76 bits per heavy atom. The molecule has 2 aromatic rings. The normalized spacial score (nSPS) is 11.8. The maximum absolute atomic E-state index is 12.9. The fourth-order valence-electron chi connectivity index (χ4n) is 1.74. The molecule has 0 saturated heterocycles. The van der Waals surface area contributed by atoms with Gasteiger partial charge in [-0.05, 0) is 29.0 Å². The zero-order valence-corrected chi connectivity index (χ0v) is 8.81. The molecule has 17 heavy (non-hydrogen) atoms. The lowest BCUT2D eigenvalue weighted by Gasteiger charge is -2.14. The van der Waals surface area contributed by atoms with Crippen molar-refractivity contribution in [3.63, 3.8) is 0 Å². The van der Waals surface area contributed by atoms with Crippen LogP contribution >= 0.6 is 0 Å². The molecule has 0 aliphatic heterocycles. The average molecular weight is 244 g/mol. The van der Waals surface area contributed by atoms with Gasteiger partial charge in [0.25, 0.3) is 0 Å². The molecular formula is C12H8F4O. The first-order valence-corrected chi connectivity index (χ1v) is 4.77. The van der Waals surface area contributed by atoms with Crippen LogP contribution in [0.3, 0.4) is 0 Å². The molecule has 0 atom stereocenters. The molecular weight excluding hydrogens is 236 g/mol. The standard InChI is InChI=1S/C12H8F4O/c1-17-10-5-2-7-6-8(13)3-4-9(7)11(10)12(14,15)16/h2-6H,1H3. The number of benzene rings is 2. The fraction of sp³-hybridized carbons (Fsp3) is 0.167. The van der Waals surface area contributed by atoms with Crippen molar-refractivity contribution < 1.29 is 22.3 Å². The maximum Gasteiger partial charge on any atom is 0.420 e. The lowest BCUT2D eigenvalue weighted by atomic mass is 10.0. The van der Waals surface area contributed by atoms with E-state index in [9.17, 15) is 17.6 Å². The lowest BCUT2D eigenvalue weighted by molar-refractivity contribution is -0.137. The van der Waals surface area contributed by atoms with Crippen molar-refractivity contribution in [1.29, 1.82) is 0 Å². The molecule has 1 nitrogen and oxygen atoms in total. The number of hydrogen-bond acceptors (Lipinski definition) is 1. The third-order valence-corrected chi connectivity index (χ3v) is 2.45. The van der Waals surface area contributed by atoms with E-state index in [1.807, 2.05) is 0 Å². The molecule has 0 aliphatic rings. The van der Waals surface area contributed by atoms with E-state index in [4.69, 9.17) is 4.74 Å². The van der Waals surface area contributed by atoms with Crippen molar-refractivity contribution >= 4 is 10.8 Å². The van der Waals surface area contributed by atoms with Crippen molar-refractivity contribution in [2.45, 2.75) is 6.18 Å². The molecule has 5 heteroatoms. The second-order valence-corrected chi connectivity index (χ2v) is 3.51. The van der Waals surface area contributed by atoms with E-state index in [-0.39, 0.29) is 16.5 Å². The van der Waals surface area contributed by atoms with Crippen LogP contribution in [-0.2, 0) is 6.18 Å². The predicted octanol–water partition coefficient (Wildman–Crippen LogP) is 4.01. The Hall–Kier alpha value is -1.78. The van der Waals surface area contributed by atoms with Gasteiger partial charge < -0.3 is 4.74 Å². The first-order chi connectivity index (χ1) is 7.93. The number of alkyl halides is 3. The second-order valence-electron chi connectivity index (χ2n) is 3.51. The number of ether oxygens (including phenoxy) is 1. The molecule has 0 aliphatic carbocycles. The highest BCUT2D eigenvalue weighted by Gasteiger charge is 2.36. The molecule has 0 unspecified atom stereocenters. The highest BCUT2D eigenvalue weighted by Crippen LogP contribution is 2.41. The minimum atomic E-state index is -4.54. The second kappa shape index (κ2) is 3.91. The van der Waals surface area contributed by atoms with E-state index in [1.54, 1.807) is 0 Å². The molecule has 0 aromatic heterocycles. The zero-order chi connectivity index (χ0) is 12.6. The number of hydrogen-bond donors (Lipinski definition) is 0. The van der Waals surface area contributed by atoms with Gasteiger partial charge in [-0.25, -0.2) is 4.39 Å². The van der Waals surface area contributed by atoms with E-state index < -0.39 is 17.6 Å². The van der Waals surface area contributed by atoms with Crippen LogP contribution in [0, 0.1) is 5.82 Å². The van der Waals surface area contributed by atoms with Crippen LogP contribution in [0.25, 0.3) is 10.8 Å². The largest absolute Gasteiger partial charge is 0.496 e. The van der Waals surface area contributed by atoms with E-state index in [0.717, 1.165) is 18.2 Å². The monoisotopic (exact) mass is 244 g/mol. The van der Waals surface area contributed by atoms with Gasteiger partial charge in [-0.15, -0.1) is 0 Å². The summed E-state index contributed by atoms with van der Waals surface area (Å²) in [5.74, 6) is -0.840. The Kier molecular flexibility index (Phi) is 2.69. The van der Waals surface area contributed by atoms with Crippen LogP contribution in [0.5, 0.6) is 5.75 Å². The molecule has 0 saturated carbocycles. The van der Waals surface area contributed by atoms with Gasteiger partial charge in [0.1, 0.15) is 17.1 Å². The quantitative estimate of drug-likeness (QED) is 0.689. The summed E-state index contributed by atoms with van der Waals surface area (Å²) in [6, 6.07) is 5.74. The van der Waals surface area contributed by atoms with Gasteiger partial charge in [-0.2, -0.15) is 13.2 Å². The van der Waals surface area contributed by atoms with Gasteiger partial charge in [0.2, 0.25) is 0 Å². The third kappa shape index (κ3) is 2.05. The minimum absolute atomic E-state index is 0.0711. The van der Waals surface area contributed by atoms with Crippen molar-refractivity contribution in [2.24, 2.45) is 0 Å². The number of halogens is 4. The lowest BCUT2D eigenvalue weighted by Crippen LogP contribution is -2.08. The Morgan fingerprint density at radius 3 is 2.35 bits per heavy atom. The maximum atomic E-state index is 12.9. The van der Waals surface area contributed by atoms with Gasteiger partial charge in [0, 0.05) is 0 Å². The van der Waals surface area contributed by atoms with Crippen LogP contribution in [0.2, 0.25) is 0 Å². The van der Waals surface area contributed by atoms with Gasteiger partial charge in [-0.3, -0.25) is 0 Å². The molecule has 90 valence electrons. The summed E-state index contributed by atoms with van der Waals surface area (Å²) >= 11 is 0. The molecule has 2 aromatic carbocycles. The molecule has 0 N–H and O–H groups in total. The van der Waals surface area contributed by atoms with Gasteiger partial charge >= 0.3 is 6.18 Å². The Balaban J connectivity index is 2.84. The summed E-state index contributed by atoms with van der Waals surface area (Å²) in [6.07, 6.45) is -4.54. The summed E-state index contributed by atoms with van der Waals surface area (Å²) in [6.45, 7) is 0. The average Bonchev–Trinajstić information content (AvgIpc) is 2.25. The van der Waals surface area contributed by atoms with E-state index >= 15 is 0 Å². The van der Waals surface area contributed by atoms with Crippen LogP contribution in [0.15, 0.2) is 30.3 Å². The molecule has 0 fully saturated rings. The molecule has 0 amide bonds. The number of methoxy groups -OCH3 is 1. The van der Waals surface area contributed by atoms with Crippen molar-refractivity contribution in [2.75, 3.05) is 7.11 Å². The number of rotatable bonds is 1. The highest BCUT2D eigenvalue weighted by atomic mass is 19.4. The SMILES string of the molecule is COc1ccc2cc(F)ccc2c1C(F)(F)F. The first-order valence-electron chi connectivity index (χ1n) is 4.77. The fourth-order valence-corrected chi connectivity index (χ4v) is 1.74. The van der Waals surface area contributed by atoms with Gasteiger partial charge in [-0.1, -0.05) is 12.1 Å². The van der Waals surface area contributed by atoms with Crippen molar-refractivity contribution in [1.82, 2.24) is 0 Å². The van der Waals surface area contributed by atoms with Crippen LogP contribution < -0.4 is 4.74 Å². The van der Waals surface area contributed by atoms with Crippen LogP contribution in [-0.4, -0.2) is 7.11 Å². The highest BCUT2D eigenvalue weighted by molar-refractivity contribution is 5.88. The molecule has 2 rings (SSSR count). The van der Waals surface area contributed by atoms with Crippen LogP contribution in [0.4, 0.5) is 17.6 Å². The summed E-state index contributed by atoms with van der Waals surface area (Å²) in [5, 5.41) is 0.122.